The predicted octanol–water partition coefficient (Wildman–Crippen LogP) is 8.07. The Balaban J connectivity index is 3.58. The van der Waals surface area contributed by atoms with Crippen LogP contribution in [0, 0.1) is 0 Å². The van der Waals surface area contributed by atoms with Crippen molar-refractivity contribution in [1.82, 2.24) is 0 Å². The van der Waals surface area contributed by atoms with Crippen LogP contribution < -0.4 is 0 Å². The highest BCUT2D eigenvalue weighted by molar-refractivity contribution is 9.10. The van der Waals surface area contributed by atoms with E-state index in [1.165, 1.54) is 0 Å². The first kappa shape index (κ1) is 30.6. The summed E-state index contributed by atoms with van der Waals surface area (Å²) >= 11 is 2.92. The zero-order chi connectivity index (χ0) is 27.4. The molecule has 0 aliphatic heterocycles. The van der Waals surface area contributed by atoms with E-state index >= 15 is 0 Å². The van der Waals surface area contributed by atoms with Crippen LogP contribution in [-0.4, -0.2) is 48.8 Å². The number of hydrogen-bond donors (Lipinski definition) is 0. The Morgan fingerprint density at radius 3 is 1.32 bits per heavy atom. The van der Waals surface area contributed by atoms with E-state index in [2.05, 4.69) is 20.7 Å². The van der Waals surface area contributed by atoms with Gasteiger partial charge in [0.2, 0.25) is 0 Å². The van der Waals surface area contributed by atoms with Gasteiger partial charge in [0.05, 0.1) is 12.0 Å². The van der Waals surface area contributed by atoms with Crippen molar-refractivity contribution in [2.24, 2.45) is 0 Å². The van der Waals surface area contributed by atoms with Gasteiger partial charge in [-0.2, -0.15) is 65.9 Å². The molecule has 0 aromatic heterocycles. The molecule has 0 radical (unpaired) electrons. The van der Waals surface area contributed by atoms with E-state index in [4.69, 9.17) is 0 Å². The van der Waals surface area contributed by atoms with Crippen molar-refractivity contribution in [3.05, 3.63) is 34.3 Å². The lowest BCUT2D eigenvalue weighted by Gasteiger charge is -2.43. The number of hydrogen-bond acceptors (Lipinski definition) is 1. The third-order valence-corrected chi connectivity index (χ3v) is 5.39. The summed E-state index contributed by atoms with van der Waals surface area (Å²) in [6.07, 6.45) is -10.2. The topological polar surface area (TPSA) is 9.23 Å². The highest BCUT2D eigenvalue weighted by Gasteiger charge is 2.93. The van der Waals surface area contributed by atoms with E-state index < -0.39 is 59.3 Å². The zero-order valence-corrected chi connectivity index (χ0v) is 18.1. The fourth-order valence-corrected chi connectivity index (χ4v) is 2.89. The lowest BCUT2D eigenvalue weighted by Crippen LogP contribution is -2.72. The summed E-state index contributed by atoms with van der Waals surface area (Å²) in [5.41, 5.74) is -3.12. The molecule has 1 aromatic carbocycles. The minimum Gasteiger partial charge on any atom is -0.374 e. The second-order valence-corrected chi connectivity index (χ2v) is 8.11. The molecule has 198 valence electrons. The summed E-state index contributed by atoms with van der Waals surface area (Å²) < 4.78 is 205. The lowest BCUT2D eigenvalue weighted by atomic mass is 9.83. The fraction of sp³-hybridized carbons (Fsp3) is 0.647. The van der Waals surface area contributed by atoms with Gasteiger partial charge < -0.3 is 4.74 Å². The van der Waals surface area contributed by atoms with E-state index in [1.807, 2.05) is 0 Å². The number of alkyl halides is 15. The molecule has 0 heterocycles. The SMILES string of the molecule is COC(C)(CC(F)(F)C(F)(F)C(F)(F)C(F)(F)C(F)(F)C(F)(F)C(F)(F)F)c1ccc(Br)cc1. The van der Waals surface area contributed by atoms with Crippen LogP contribution in [0.25, 0.3) is 0 Å². The average Bonchev–Trinajstić information content (AvgIpc) is 2.66. The number of rotatable bonds is 9. The number of benzene rings is 1. The molecule has 0 aliphatic carbocycles. The third-order valence-electron chi connectivity index (χ3n) is 4.86. The van der Waals surface area contributed by atoms with Crippen molar-refractivity contribution in [1.29, 1.82) is 0 Å². The van der Waals surface area contributed by atoms with Gasteiger partial charge in [-0.25, -0.2) is 0 Å². The van der Waals surface area contributed by atoms with Crippen LogP contribution in [-0.2, 0) is 10.3 Å². The minimum atomic E-state index is -8.31. The molecule has 0 spiro atoms. The maximum atomic E-state index is 14.3. The van der Waals surface area contributed by atoms with E-state index in [1.54, 1.807) is 0 Å². The summed E-state index contributed by atoms with van der Waals surface area (Å²) in [6.45, 7) is 0.586. The summed E-state index contributed by atoms with van der Waals surface area (Å²) in [6, 6.07) is 4.13. The monoisotopic (exact) mass is 596 g/mol. The molecule has 0 saturated carbocycles. The number of halogens is 16. The summed E-state index contributed by atoms with van der Waals surface area (Å²) in [5.74, 6) is -46.7. The average molecular weight is 597 g/mol. The molecule has 0 amide bonds. The Morgan fingerprint density at radius 2 is 0.971 bits per heavy atom. The molecule has 0 aliphatic rings. The highest BCUT2D eigenvalue weighted by atomic mass is 79.9. The van der Waals surface area contributed by atoms with Gasteiger partial charge in [-0.1, -0.05) is 28.1 Å². The number of methoxy groups -OCH3 is 1. The minimum absolute atomic E-state index is 0.297. The summed E-state index contributed by atoms with van der Waals surface area (Å²) in [7, 11) is 0.598. The van der Waals surface area contributed by atoms with Crippen molar-refractivity contribution in [2.45, 2.75) is 60.7 Å². The second-order valence-electron chi connectivity index (χ2n) is 7.19. The predicted molar refractivity (Wildman–Crippen MR) is 88.9 cm³/mol. The van der Waals surface area contributed by atoms with Gasteiger partial charge in [0.1, 0.15) is 0 Å². The molecule has 34 heavy (non-hydrogen) atoms. The molecule has 1 rings (SSSR count). The van der Waals surface area contributed by atoms with Gasteiger partial charge in [0, 0.05) is 11.6 Å². The summed E-state index contributed by atoms with van der Waals surface area (Å²) in [4.78, 5) is 0. The van der Waals surface area contributed by atoms with E-state index in [0.29, 0.717) is 18.5 Å². The second kappa shape index (κ2) is 8.62. The third kappa shape index (κ3) is 4.46. The standard InChI is InChI=1S/C17H12BrF15O/c1-10(34-2,8-3-5-9(18)6-4-8)7-11(19,20)12(21,22)13(23,24)14(25,26)15(27,28)16(29,30)17(31,32)33/h3-6H,7H2,1-2H3. The van der Waals surface area contributed by atoms with Crippen molar-refractivity contribution < 1.29 is 70.6 Å². The molecule has 1 atom stereocenters. The molecule has 1 aromatic rings. The Bertz CT molecular complexity index is 863. The number of ether oxygens (including phenoxy) is 1. The molecule has 0 fully saturated rings. The summed E-state index contributed by atoms with van der Waals surface area (Å²) in [5, 5.41) is 0. The normalized spacial score (nSPS) is 17.0. The van der Waals surface area contributed by atoms with Crippen LogP contribution in [0.15, 0.2) is 28.7 Å². The van der Waals surface area contributed by atoms with E-state index in [0.717, 1.165) is 24.3 Å². The van der Waals surface area contributed by atoms with Gasteiger partial charge in [0.15, 0.2) is 0 Å². The first-order valence-corrected chi connectivity index (χ1v) is 9.21. The molecule has 0 bridgehead atoms. The maximum Gasteiger partial charge on any atom is 0.460 e. The molecular formula is C17H12BrF15O. The van der Waals surface area contributed by atoms with Gasteiger partial charge in [-0.3, -0.25) is 0 Å². The van der Waals surface area contributed by atoms with Crippen LogP contribution >= 0.6 is 15.9 Å². The van der Waals surface area contributed by atoms with E-state index in [9.17, 15) is 65.9 Å². The Hall–Kier alpha value is -1.39. The Morgan fingerprint density at radius 1 is 0.618 bits per heavy atom. The Labute approximate surface area is 189 Å². The molecule has 1 unspecified atom stereocenters. The quantitative estimate of drug-likeness (QED) is 0.262. The first-order valence-electron chi connectivity index (χ1n) is 8.41. The van der Waals surface area contributed by atoms with Crippen molar-refractivity contribution >= 4 is 15.9 Å². The van der Waals surface area contributed by atoms with Gasteiger partial charge in [0.25, 0.3) is 0 Å². The van der Waals surface area contributed by atoms with Gasteiger partial charge in [-0.05, 0) is 24.6 Å². The molecule has 0 saturated heterocycles. The molecule has 0 N–H and O–H groups in total. The Kier molecular flexibility index (Phi) is 7.77. The van der Waals surface area contributed by atoms with Crippen LogP contribution in [0.1, 0.15) is 18.9 Å². The largest absolute Gasteiger partial charge is 0.460 e. The van der Waals surface area contributed by atoms with Crippen molar-refractivity contribution in [3.8, 4) is 0 Å². The van der Waals surface area contributed by atoms with Gasteiger partial charge >= 0.3 is 41.7 Å². The van der Waals surface area contributed by atoms with Gasteiger partial charge in [-0.15, -0.1) is 0 Å². The lowest BCUT2D eigenvalue weighted by molar-refractivity contribution is -0.453. The fourth-order valence-electron chi connectivity index (χ4n) is 2.63. The maximum absolute atomic E-state index is 14.3. The van der Waals surface area contributed by atoms with Crippen LogP contribution in [0.4, 0.5) is 65.9 Å². The van der Waals surface area contributed by atoms with Crippen molar-refractivity contribution in [3.63, 3.8) is 0 Å². The molecular weight excluding hydrogens is 585 g/mol. The first-order chi connectivity index (χ1) is 14.8. The van der Waals surface area contributed by atoms with Crippen LogP contribution in [0.5, 0.6) is 0 Å². The highest BCUT2D eigenvalue weighted by Crippen LogP contribution is 2.63. The molecule has 17 heteroatoms. The van der Waals surface area contributed by atoms with Crippen LogP contribution in [0.2, 0.25) is 0 Å². The van der Waals surface area contributed by atoms with Crippen LogP contribution in [0.3, 0.4) is 0 Å². The van der Waals surface area contributed by atoms with Crippen molar-refractivity contribution in [2.75, 3.05) is 7.11 Å². The molecule has 1 nitrogen and oxygen atoms in total. The smallest absolute Gasteiger partial charge is 0.374 e. The zero-order valence-electron chi connectivity index (χ0n) is 16.5. The van der Waals surface area contributed by atoms with E-state index in [-0.39, 0.29) is 0 Å².